The van der Waals surface area contributed by atoms with Gasteiger partial charge in [0.25, 0.3) is 0 Å². The maximum Gasteiger partial charge on any atom is 0.192 e. The van der Waals surface area contributed by atoms with E-state index in [1.54, 1.807) is 7.11 Å². The van der Waals surface area contributed by atoms with Gasteiger partial charge in [0.2, 0.25) is 0 Å². The summed E-state index contributed by atoms with van der Waals surface area (Å²) in [5.74, 6) is 1.51. The van der Waals surface area contributed by atoms with Crippen molar-refractivity contribution in [2.75, 3.05) is 12.4 Å². The van der Waals surface area contributed by atoms with E-state index in [2.05, 4.69) is 26.2 Å². The molecular formula is C16H15BrN2O2. The zero-order valence-corrected chi connectivity index (χ0v) is 13.4. The Morgan fingerprint density at radius 2 is 2.10 bits per heavy atom. The third kappa shape index (κ3) is 3.03. The molecule has 21 heavy (non-hydrogen) atoms. The molecule has 0 spiro atoms. The number of nitrogens with zero attached hydrogens (tertiary/aromatic N) is 1. The summed E-state index contributed by atoms with van der Waals surface area (Å²) in [7, 11) is 1.66. The highest BCUT2D eigenvalue weighted by Crippen LogP contribution is 2.26. The van der Waals surface area contributed by atoms with Crippen LogP contribution in [0.25, 0.3) is 11.1 Å². The quantitative estimate of drug-likeness (QED) is 0.754. The highest BCUT2D eigenvalue weighted by Gasteiger charge is 2.04. The monoisotopic (exact) mass is 346 g/mol. The molecule has 0 atom stereocenters. The molecule has 5 heteroatoms. The molecule has 1 aromatic heterocycles. The van der Waals surface area contributed by atoms with E-state index < -0.39 is 0 Å². The number of ether oxygens (including phenoxy) is 1. The van der Waals surface area contributed by atoms with Crippen molar-refractivity contribution in [3.8, 4) is 5.75 Å². The number of nitrogens with one attached hydrogen (secondary N) is 1. The average Bonchev–Trinajstić information content (AvgIpc) is 2.84. The Labute approximate surface area is 131 Å². The standard InChI is InChI=1S/C16H15BrN2O2/c1-10-19-14-8-12(4-6-16(14)21-10)18-9-11-3-5-15(20-2)13(17)7-11/h3-8,18H,9H2,1-2H3. The minimum atomic E-state index is 0.682. The van der Waals surface area contributed by atoms with Gasteiger partial charge in [-0.15, -0.1) is 0 Å². The fourth-order valence-corrected chi connectivity index (χ4v) is 2.76. The molecular weight excluding hydrogens is 332 g/mol. The van der Waals surface area contributed by atoms with E-state index in [9.17, 15) is 0 Å². The van der Waals surface area contributed by atoms with Crippen LogP contribution in [0.3, 0.4) is 0 Å². The zero-order chi connectivity index (χ0) is 14.8. The number of aryl methyl sites for hydroxylation is 1. The van der Waals surface area contributed by atoms with E-state index in [1.165, 1.54) is 5.56 Å². The predicted molar refractivity (Wildman–Crippen MR) is 86.8 cm³/mol. The van der Waals surface area contributed by atoms with Crippen LogP contribution in [0, 0.1) is 6.92 Å². The second-order valence-electron chi connectivity index (χ2n) is 4.74. The van der Waals surface area contributed by atoms with E-state index in [-0.39, 0.29) is 0 Å². The van der Waals surface area contributed by atoms with Crippen LogP contribution in [0.2, 0.25) is 0 Å². The van der Waals surface area contributed by atoms with Crippen molar-refractivity contribution in [3.63, 3.8) is 0 Å². The lowest BCUT2D eigenvalue weighted by Gasteiger charge is -2.08. The van der Waals surface area contributed by atoms with Crippen LogP contribution in [0.1, 0.15) is 11.5 Å². The van der Waals surface area contributed by atoms with Crippen LogP contribution >= 0.6 is 15.9 Å². The van der Waals surface area contributed by atoms with E-state index >= 15 is 0 Å². The second-order valence-corrected chi connectivity index (χ2v) is 5.59. The molecule has 1 N–H and O–H groups in total. The molecule has 4 nitrogen and oxygen atoms in total. The van der Waals surface area contributed by atoms with Crippen molar-refractivity contribution in [2.45, 2.75) is 13.5 Å². The highest BCUT2D eigenvalue weighted by atomic mass is 79.9. The van der Waals surface area contributed by atoms with E-state index in [4.69, 9.17) is 9.15 Å². The number of hydrogen-bond donors (Lipinski definition) is 1. The van der Waals surface area contributed by atoms with E-state index in [0.29, 0.717) is 5.89 Å². The summed E-state index contributed by atoms with van der Waals surface area (Å²) < 4.78 is 11.6. The Hall–Kier alpha value is -2.01. The third-order valence-electron chi connectivity index (χ3n) is 3.21. The van der Waals surface area contributed by atoms with E-state index in [1.807, 2.05) is 43.3 Å². The zero-order valence-electron chi connectivity index (χ0n) is 11.8. The minimum absolute atomic E-state index is 0.682. The molecule has 2 aromatic carbocycles. The van der Waals surface area contributed by atoms with Crippen molar-refractivity contribution < 1.29 is 9.15 Å². The number of benzene rings is 2. The van der Waals surface area contributed by atoms with Crippen LogP contribution in [0.15, 0.2) is 45.3 Å². The Morgan fingerprint density at radius 1 is 1.24 bits per heavy atom. The number of methoxy groups -OCH3 is 1. The molecule has 0 aliphatic carbocycles. The minimum Gasteiger partial charge on any atom is -0.496 e. The summed E-state index contributed by atoms with van der Waals surface area (Å²) in [5.41, 5.74) is 3.86. The van der Waals surface area contributed by atoms with Crippen LogP contribution in [0.5, 0.6) is 5.75 Å². The topological polar surface area (TPSA) is 47.3 Å². The SMILES string of the molecule is COc1ccc(CNc2ccc3oc(C)nc3c2)cc1Br. The van der Waals surface area contributed by atoms with Crippen LogP contribution < -0.4 is 10.1 Å². The fourth-order valence-electron chi connectivity index (χ4n) is 2.18. The summed E-state index contributed by atoms with van der Waals surface area (Å²) in [4.78, 5) is 4.33. The van der Waals surface area contributed by atoms with Gasteiger partial charge in [0.15, 0.2) is 11.5 Å². The molecule has 0 saturated carbocycles. The molecule has 0 fully saturated rings. The van der Waals surface area contributed by atoms with Gasteiger partial charge in [-0.1, -0.05) is 6.07 Å². The molecule has 0 unspecified atom stereocenters. The number of rotatable bonds is 4. The largest absolute Gasteiger partial charge is 0.496 e. The average molecular weight is 347 g/mol. The first-order chi connectivity index (χ1) is 10.2. The molecule has 0 bridgehead atoms. The number of hydrogen-bond acceptors (Lipinski definition) is 4. The molecule has 3 aromatic rings. The molecule has 0 saturated heterocycles. The van der Waals surface area contributed by atoms with E-state index in [0.717, 1.165) is 33.6 Å². The number of oxazole rings is 1. The summed E-state index contributed by atoms with van der Waals surface area (Å²) in [5, 5.41) is 3.38. The second kappa shape index (κ2) is 5.77. The van der Waals surface area contributed by atoms with Crippen LogP contribution in [-0.2, 0) is 6.54 Å². The number of aromatic nitrogens is 1. The molecule has 0 radical (unpaired) electrons. The maximum absolute atomic E-state index is 5.47. The van der Waals surface area contributed by atoms with Crippen molar-refractivity contribution in [2.24, 2.45) is 0 Å². The summed E-state index contributed by atoms with van der Waals surface area (Å²) in [6.07, 6.45) is 0. The summed E-state index contributed by atoms with van der Waals surface area (Å²) in [6, 6.07) is 11.9. The molecule has 108 valence electrons. The van der Waals surface area contributed by atoms with Crippen LogP contribution in [-0.4, -0.2) is 12.1 Å². The Bertz CT molecular complexity index is 783. The van der Waals surface area contributed by atoms with Gasteiger partial charge in [0.1, 0.15) is 11.3 Å². The number of fused-ring (bicyclic) bond motifs is 1. The summed E-state index contributed by atoms with van der Waals surface area (Å²) >= 11 is 3.49. The lowest BCUT2D eigenvalue weighted by Crippen LogP contribution is -1.99. The molecule has 0 aliphatic heterocycles. The van der Waals surface area contributed by atoms with Gasteiger partial charge in [-0.25, -0.2) is 4.98 Å². The summed E-state index contributed by atoms with van der Waals surface area (Å²) in [6.45, 7) is 2.58. The fraction of sp³-hybridized carbons (Fsp3) is 0.188. The van der Waals surface area contributed by atoms with Gasteiger partial charge in [0, 0.05) is 19.2 Å². The number of anilines is 1. The Morgan fingerprint density at radius 3 is 2.86 bits per heavy atom. The van der Waals surface area contributed by atoms with Gasteiger partial charge >= 0.3 is 0 Å². The lowest BCUT2D eigenvalue weighted by atomic mass is 10.2. The smallest absolute Gasteiger partial charge is 0.192 e. The van der Waals surface area contributed by atoms with Gasteiger partial charge in [0.05, 0.1) is 11.6 Å². The predicted octanol–water partition coefficient (Wildman–Crippen LogP) is 4.52. The Balaban J connectivity index is 1.75. The van der Waals surface area contributed by atoms with Gasteiger partial charge in [-0.2, -0.15) is 0 Å². The molecule has 0 amide bonds. The van der Waals surface area contributed by atoms with Gasteiger partial charge in [-0.3, -0.25) is 0 Å². The lowest BCUT2D eigenvalue weighted by molar-refractivity contribution is 0.412. The highest BCUT2D eigenvalue weighted by molar-refractivity contribution is 9.10. The Kier molecular flexibility index (Phi) is 3.84. The molecule has 3 rings (SSSR count). The van der Waals surface area contributed by atoms with Gasteiger partial charge in [-0.05, 0) is 51.8 Å². The van der Waals surface area contributed by atoms with Crippen molar-refractivity contribution in [3.05, 3.63) is 52.3 Å². The van der Waals surface area contributed by atoms with Crippen molar-refractivity contribution >= 4 is 32.7 Å². The molecule has 1 heterocycles. The first-order valence-corrected chi connectivity index (χ1v) is 7.38. The van der Waals surface area contributed by atoms with Crippen molar-refractivity contribution in [1.29, 1.82) is 0 Å². The first-order valence-electron chi connectivity index (χ1n) is 6.59. The third-order valence-corrected chi connectivity index (χ3v) is 3.83. The first kappa shape index (κ1) is 13.9. The normalized spacial score (nSPS) is 10.8. The number of halogens is 1. The van der Waals surface area contributed by atoms with Crippen molar-refractivity contribution in [1.82, 2.24) is 4.98 Å². The van der Waals surface area contributed by atoms with Crippen LogP contribution in [0.4, 0.5) is 5.69 Å². The maximum atomic E-state index is 5.47. The van der Waals surface area contributed by atoms with Gasteiger partial charge < -0.3 is 14.5 Å². The molecule has 0 aliphatic rings.